The molecule has 0 bridgehead atoms. The van der Waals surface area contributed by atoms with Crippen molar-refractivity contribution < 1.29 is 19.1 Å². The molecule has 1 aromatic heterocycles. The molecule has 21 heavy (non-hydrogen) atoms. The molecule has 0 aliphatic heterocycles. The van der Waals surface area contributed by atoms with Crippen LogP contribution in [0.1, 0.15) is 25.3 Å². The second kappa shape index (κ2) is 6.63. The van der Waals surface area contributed by atoms with Crippen LogP contribution in [0, 0.1) is 0 Å². The van der Waals surface area contributed by atoms with Gasteiger partial charge in [-0.15, -0.1) is 0 Å². The van der Waals surface area contributed by atoms with Crippen molar-refractivity contribution in [3.63, 3.8) is 0 Å². The predicted octanol–water partition coefficient (Wildman–Crippen LogP) is 3.25. The smallest absolute Gasteiger partial charge is 0.341 e. The Morgan fingerprint density at radius 3 is 2.81 bits per heavy atom. The van der Waals surface area contributed by atoms with Gasteiger partial charge in [0.05, 0.1) is 5.02 Å². The highest BCUT2D eigenvalue weighted by molar-refractivity contribution is 6.32. The number of carboxylic acids is 1. The van der Waals surface area contributed by atoms with Crippen LogP contribution in [0.15, 0.2) is 27.4 Å². The number of carbonyl (C=O) groups is 1. The lowest BCUT2D eigenvalue weighted by Crippen LogP contribution is -2.10. The fourth-order valence-electron chi connectivity index (χ4n) is 2.05. The molecule has 2 aromatic rings. The largest absolute Gasteiger partial charge is 0.480 e. The third kappa shape index (κ3) is 3.76. The number of hydrogen-bond donors (Lipinski definition) is 1. The van der Waals surface area contributed by atoms with E-state index in [0.29, 0.717) is 5.58 Å². The zero-order valence-electron chi connectivity index (χ0n) is 11.5. The van der Waals surface area contributed by atoms with Gasteiger partial charge in [0.25, 0.3) is 0 Å². The molecule has 0 aliphatic carbocycles. The van der Waals surface area contributed by atoms with Crippen LogP contribution in [0.3, 0.4) is 0 Å². The summed E-state index contributed by atoms with van der Waals surface area (Å²) in [4.78, 5) is 22.1. The van der Waals surface area contributed by atoms with Gasteiger partial charge in [-0.25, -0.2) is 9.59 Å². The van der Waals surface area contributed by atoms with Gasteiger partial charge < -0.3 is 14.3 Å². The van der Waals surface area contributed by atoms with Gasteiger partial charge in [-0.2, -0.15) is 0 Å². The Bertz CT molecular complexity index is 720. The number of hydrogen-bond acceptors (Lipinski definition) is 4. The number of aryl methyl sites for hydroxylation is 1. The number of benzene rings is 1. The Kier molecular flexibility index (Phi) is 4.85. The van der Waals surface area contributed by atoms with E-state index >= 15 is 0 Å². The van der Waals surface area contributed by atoms with Crippen LogP contribution in [0.2, 0.25) is 5.02 Å². The van der Waals surface area contributed by atoms with Crippen molar-refractivity contribution in [2.24, 2.45) is 0 Å². The van der Waals surface area contributed by atoms with E-state index < -0.39 is 18.2 Å². The second-order valence-corrected chi connectivity index (χ2v) is 5.06. The summed E-state index contributed by atoms with van der Waals surface area (Å²) in [5.74, 6) is -0.924. The molecule has 2 rings (SSSR count). The Morgan fingerprint density at radius 1 is 1.38 bits per heavy atom. The maximum Gasteiger partial charge on any atom is 0.341 e. The minimum atomic E-state index is -1.11. The summed E-state index contributed by atoms with van der Waals surface area (Å²) in [5.41, 5.74) is 0.772. The van der Waals surface area contributed by atoms with Crippen molar-refractivity contribution in [3.05, 3.63) is 39.2 Å². The summed E-state index contributed by atoms with van der Waals surface area (Å²) in [5, 5.41) is 9.66. The summed E-state index contributed by atoms with van der Waals surface area (Å²) in [6.45, 7) is 1.56. The zero-order valence-corrected chi connectivity index (χ0v) is 12.3. The standard InChI is InChI=1S/C15H15ClO5/c1-2-3-4-9-5-15(19)21-12-7-13(20-8-14(17)18)11(16)6-10(9)12/h5-7H,2-4,8H2,1H3,(H,17,18). The number of fused-ring (bicyclic) bond motifs is 1. The highest BCUT2D eigenvalue weighted by Crippen LogP contribution is 2.31. The monoisotopic (exact) mass is 310 g/mol. The molecule has 1 N–H and O–H groups in total. The summed E-state index contributed by atoms with van der Waals surface area (Å²) >= 11 is 6.09. The molecule has 112 valence electrons. The second-order valence-electron chi connectivity index (χ2n) is 4.66. The van der Waals surface area contributed by atoms with Crippen molar-refractivity contribution in [1.29, 1.82) is 0 Å². The van der Waals surface area contributed by atoms with Gasteiger partial charge in [0.15, 0.2) is 6.61 Å². The predicted molar refractivity (Wildman–Crippen MR) is 79.2 cm³/mol. The fourth-order valence-corrected chi connectivity index (χ4v) is 2.27. The highest BCUT2D eigenvalue weighted by atomic mass is 35.5. The first kappa shape index (κ1) is 15.4. The summed E-state index contributed by atoms with van der Waals surface area (Å²) < 4.78 is 10.2. The third-order valence-corrected chi connectivity index (χ3v) is 3.33. The van der Waals surface area contributed by atoms with E-state index in [1.807, 2.05) is 0 Å². The van der Waals surface area contributed by atoms with Crippen molar-refractivity contribution in [2.45, 2.75) is 26.2 Å². The maximum absolute atomic E-state index is 11.6. The van der Waals surface area contributed by atoms with Crippen LogP contribution in [0.25, 0.3) is 11.0 Å². The average Bonchev–Trinajstić information content (AvgIpc) is 2.43. The van der Waals surface area contributed by atoms with Gasteiger partial charge in [0.2, 0.25) is 0 Å². The van der Waals surface area contributed by atoms with E-state index in [-0.39, 0.29) is 10.8 Å². The maximum atomic E-state index is 11.6. The van der Waals surface area contributed by atoms with E-state index in [0.717, 1.165) is 30.2 Å². The molecule has 0 saturated carbocycles. The first-order chi connectivity index (χ1) is 10.0. The van der Waals surface area contributed by atoms with E-state index in [1.165, 1.54) is 12.1 Å². The summed E-state index contributed by atoms with van der Waals surface area (Å²) in [7, 11) is 0. The number of aliphatic carboxylic acids is 1. The number of halogens is 1. The van der Waals surface area contributed by atoms with E-state index in [4.69, 9.17) is 25.9 Å². The van der Waals surface area contributed by atoms with Gasteiger partial charge in [-0.1, -0.05) is 24.9 Å². The van der Waals surface area contributed by atoms with Crippen LogP contribution >= 0.6 is 11.6 Å². The van der Waals surface area contributed by atoms with Gasteiger partial charge in [0.1, 0.15) is 11.3 Å². The Morgan fingerprint density at radius 2 is 2.14 bits per heavy atom. The van der Waals surface area contributed by atoms with Gasteiger partial charge >= 0.3 is 11.6 Å². The normalized spacial score (nSPS) is 10.8. The topological polar surface area (TPSA) is 76.7 Å². The van der Waals surface area contributed by atoms with Crippen molar-refractivity contribution >= 4 is 28.5 Å². The van der Waals surface area contributed by atoms with E-state index in [2.05, 4.69) is 6.92 Å². The molecule has 0 saturated heterocycles. The molecule has 0 unspecified atom stereocenters. The summed E-state index contributed by atoms with van der Waals surface area (Å²) in [6, 6.07) is 4.56. The van der Waals surface area contributed by atoms with Crippen LogP contribution in [0.4, 0.5) is 0 Å². The molecule has 0 aliphatic rings. The molecule has 0 amide bonds. The SMILES string of the molecule is CCCCc1cc(=O)oc2cc(OCC(=O)O)c(Cl)cc12. The first-order valence-corrected chi connectivity index (χ1v) is 7.00. The molecule has 5 nitrogen and oxygen atoms in total. The lowest BCUT2D eigenvalue weighted by molar-refractivity contribution is -0.139. The lowest BCUT2D eigenvalue weighted by Gasteiger charge is -2.09. The minimum absolute atomic E-state index is 0.183. The fraction of sp³-hybridized carbons (Fsp3) is 0.333. The van der Waals surface area contributed by atoms with Gasteiger partial charge in [-0.05, 0) is 24.5 Å². The van der Waals surface area contributed by atoms with E-state index in [1.54, 1.807) is 6.07 Å². The van der Waals surface area contributed by atoms with Crippen LogP contribution in [0.5, 0.6) is 5.75 Å². The molecule has 0 atom stereocenters. The zero-order chi connectivity index (χ0) is 15.4. The Hall–Kier alpha value is -2.01. The van der Waals surface area contributed by atoms with Crippen molar-refractivity contribution in [2.75, 3.05) is 6.61 Å². The van der Waals surface area contributed by atoms with Crippen LogP contribution in [-0.2, 0) is 11.2 Å². The molecule has 0 fully saturated rings. The molecule has 1 aromatic carbocycles. The first-order valence-electron chi connectivity index (χ1n) is 6.62. The molecule has 1 heterocycles. The third-order valence-electron chi connectivity index (χ3n) is 3.03. The molecule has 6 heteroatoms. The molecular weight excluding hydrogens is 296 g/mol. The van der Waals surface area contributed by atoms with Gasteiger partial charge in [0, 0.05) is 17.5 Å². The highest BCUT2D eigenvalue weighted by Gasteiger charge is 2.12. The number of carboxylic acid groups (broad SMARTS) is 1. The van der Waals surface area contributed by atoms with Crippen LogP contribution < -0.4 is 10.4 Å². The molecular formula is C15H15ClO5. The van der Waals surface area contributed by atoms with E-state index in [9.17, 15) is 9.59 Å². The van der Waals surface area contributed by atoms with Crippen molar-refractivity contribution in [1.82, 2.24) is 0 Å². The van der Waals surface area contributed by atoms with Gasteiger partial charge in [-0.3, -0.25) is 0 Å². The minimum Gasteiger partial charge on any atom is -0.480 e. The molecule has 0 spiro atoms. The molecule has 0 radical (unpaired) electrons. The quantitative estimate of drug-likeness (QED) is 0.829. The Balaban J connectivity index is 2.47. The average molecular weight is 311 g/mol. The number of rotatable bonds is 6. The van der Waals surface area contributed by atoms with Crippen LogP contribution in [-0.4, -0.2) is 17.7 Å². The van der Waals surface area contributed by atoms with Crippen molar-refractivity contribution in [3.8, 4) is 5.75 Å². The number of unbranched alkanes of at least 4 members (excludes halogenated alkanes) is 1. The summed E-state index contributed by atoms with van der Waals surface area (Å²) in [6.07, 6.45) is 2.72. The Labute approximate surface area is 126 Å². The number of ether oxygens (including phenoxy) is 1. The lowest BCUT2D eigenvalue weighted by atomic mass is 10.0.